The summed E-state index contributed by atoms with van der Waals surface area (Å²) in [4.78, 5) is 19.1. The number of benzene rings is 1. The van der Waals surface area contributed by atoms with Crippen molar-refractivity contribution in [2.24, 2.45) is 11.8 Å². The molecule has 152 valence electrons. The lowest BCUT2D eigenvalue weighted by molar-refractivity contribution is -0.116. The van der Waals surface area contributed by atoms with E-state index in [9.17, 15) is 4.79 Å². The quantitative estimate of drug-likeness (QED) is 0.747. The van der Waals surface area contributed by atoms with E-state index >= 15 is 0 Å². The van der Waals surface area contributed by atoms with E-state index in [2.05, 4.69) is 46.3 Å². The molecule has 2 unspecified atom stereocenters. The van der Waals surface area contributed by atoms with Gasteiger partial charge in [-0.05, 0) is 36.0 Å². The molecule has 1 aromatic carbocycles. The number of carbonyl (C=O) groups excluding carboxylic acids is 1. The van der Waals surface area contributed by atoms with Crippen LogP contribution in [0, 0.1) is 11.8 Å². The van der Waals surface area contributed by atoms with Crippen LogP contribution in [-0.4, -0.2) is 40.6 Å². The second-order valence-electron chi connectivity index (χ2n) is 8.41. The highest BCUT2D eigenvalue weighted by molar-refractivity contribution is 5.90. The minimum atomic E-state index is -0.0383. The van der Waals surface area contributed by atoms with E-state index in [1.165, 1.54) is 18.7 Å². The Bertz CT molecular complexity index is 776. The maximum atomic E-state index is 12.3. The van der Waals surface area contributed by atoms with Gasteiger partial charge in [0.05, 0.1) is 0 Å². The Hall–Kier alpha value is -2.21. The molecule has 1 aliphatic rings. The second-order valence-corrected chi connectivity index (χ2v) is 8.41. The second kappa shape index (κ2) is 9.32. The Morgan fingerprint density at radius 2 is 2.00 bits per heavy atom. The van der Waals surface area contributed by atoms with E-state index in [-0.39, 0.29) is 11.8 Å². The molecule has 2 heterocycles. The molecule has 1 fully saturated rings. The summed E-state index contributed by atoms with van der Waals surface area (Å²) in [5.41, 5.74) is 2.10. The molecular weight excluding hydrogens is 352 g/mol. The number of nitrogens with one attached hydrogen (secondary N) is 1. The van der Waals surface area contributed by atoms with Crippen LogP contribution in [0.15, 0.2) is 28.8 Å². The first-order valence-electron chi connectivity index (χ1n) is 10.3. The molecule has 6 heteroatoms. The molecule has 0 bridgehead atoms. The SMILES string of the molecule is CC(C)c1noc(CCC(=O)Nc2cccc(CCN3CC(C)C(C)C3)c2)n1. The van der Waals surface area contributed by atoms with Crippen molar-refractivity contribution in [3.05, 3.63) is 41.5 Å². The fourth-order valence-electron chi connectivity index (χ4n) is 3.57. The van der Waals surface area contributed by atoms with E-state index in [4.69, 9.17) is 4.52 Å². The third-order valence-electron chi connectivity index (χ3n) is 5.56. The Labute approximate surface area is 167 Å². The number of amides is 1. The first-order valence-corrected chi connectivity index (χ1v) is 10.3. The minimum absolute atomic E-state index is 0.0383. The Kier molecular flexibility index (Phi) is 6.83. The van der Waals surface area contributed by atoms with Gasteiger partial charge in [0.15, 0.2) is 5.82 Å². The molecule has 1 amide bonds. The third-order valence-corrected chi connectivity index (χ3v) is 5.56. The maximum Gasteiger partial charge on any atom is 0.227 e. The molecule has 28 heavy (non-hydrogen) atoms. The van der Waals surface area contributed by atoms with Crippen molar-refractivity contribution in [1.29, 1.82) is 0 Å². The molecule has 2 atom stereocenters. The highest BCUT2D eigenvalue weighted by Crippen LogP contribution is 2.22. The molecule has 1 aliphatic heterocycles. The average Bonchev–Trinajstić information content (AvgIpc) is 3.26. The highest BCUT2D eigenvalue weighted by atomic mass is 16.5. The summed E-state index contributed by atoms with van der Waals surface area (Å²) in [6, 6.07) is 8.15. The smallest absolute Gasteiger partial charge is 0.227 e. The molecule has 3 rings (SSSR count). The number of anilines is 1. The maximum absolute atomic E-state index is 12.3. The molecule has 0 saturated carbocycles. The van der Waals surface area contributed by atoms with Gasteiger partial charge >= 0.3 is 0 Å². The van der Waals surface area contributed by atoms with Crippen LogP contribution in [0.5, 0.6) is 0 Å². The fraction of sp³-hybridized carbons (Fsp3) is 0.591. The monoisotopic (exact) mass is 384 g/mol. The van der Waals surface area contributed by atoms with Crippen molar-refractivity contribution in [2.75, 3.05) is 25.0 Å². The lowest BCUT2D eigenvalue weighted by Crippen LogP contribution is -2.23. The molecule has 0 aliphatic carbocycles. The fourth-order valence-corrected chi connectivity index (χ4v) is 3.57. The Morgan fingerprint density at radius 1 is 1.25 bits per heavy atom. The summed E-state index contributed by atoms with van der Waals surface area (Å²) >= 11 is 0. The van der Waals surface area contributed by atoms with Gasteiger partial charge in [-0.1, -0.05) is 45.0 Å². The van der Waals surface area contributed by atoms with Crippen LogP contribution in [0.3, 0.4) is 0 Å². The lowest BCUT2D eigenvalue weighted by Gasteiger charge is -2.15. The van der Waals surface area contributed by atoms with Gasteiger partial charge in [-0.15, -0.1) is 0 Å². The van der Waals surface area contributed by atoms with Crippen LogP contribution in [0.2, 0.25) is 0 Å². The zero-order chi connectivity index (χ0) is 20.1. The van der Waals surface area contributed by atoms with Crippen LogP contribution in [0.25, 0.3) is 0 Å². The number of nitrogens with zero attached hydrogens (tertiary/aromatic N) is 3. The summed E-state index contributed by atoms with van der Waals surface area (Å²) in [5, 5.41) is 6.91. The molecule has 2 aromatic rings. The average molecular weight is 385 g/mol. The first kappa shape index (κ1) is 20.5. The van der Waals surface area contributed by atoms with Crippen molar-refractivity contribution in [3.63, 3.8) is 0 Å². The van der Waals surface area contributed by atoms with E-state index in [0.29, 0.717) is 24.6 Å². The standard InChI is InChI=1S/C22H32N4O2/c1-15(2)22-24-21(28-25-22)9-8-20(27)23-19-7-5-6-18(12-19)10-11-26-13-16(3)17(4)14-26/h5-7,12,15-17H,8-11,13-14H2,1-4H3,(H,23,27). The predicted octanol–water partition coefficient (Wildman–Crippen LogP) is 3.89. The Balaban J connectivity index is 1.46. The van der Waals surface area contributed by atoms with Gasteiger partial charge in [-0.25, -0.2) is 0 Å². The van der Waals surface area contributed by atoms with Crippen LogP contribution in [0.1, 0.15) is 57.3 Å². The van der Waals surface area contributed by atoms with Crippen molar-refractivity contribution in [2.45, 2.75) is 52.9 Å². The number of hydrogen-bond donors (Lipinski definition) is 1. The number of hydrogen-bond acceptors (Lipinski definition) is 5. The number of aromatic nitrogens is 2. The Morgan fingerprint density at radius 3 is 2.68 bits per heavy atom. The van der Waals surface area contributed by atoms with E-state index in [1.807, 2.05) is 26.0 Å². The molecule has 0 radical (unpaired) electrons. The highest BCUT2D eigenvalue weighted by Gasteiger charge is 2.25. The summed E-state index contributed by atoms with van der Waals surface area (Å²) in [7, 11) is 0. The number of aryl methyl sites for hydroxylation is 1. The van der Waals surface area contributed by atoms with Gasteiger partial charge in [0.1, 0.15) is 0 Å². The van der Waals surface area contributed by atoms with E-state index < -0.39 is 0 Å². The van der Waals surface area contributed by atoms with Crippen LogP contribution in [0.4, 0.5) is 5.69 Å². The van der Waals surface area contributed by atoms with Crippen LogP contribution >= 0.6 is 0 Å². The summed E-state index contributed by atoms with van der Waals surface area (Å²) in [6.45, 7) is 12.1. The van der Waals surface area contributed by atoms with Crippen molar-refractivity contribution in [1.82, 2.24) is 15.0 Å². The van der Waals surface area contributed by atoms with Gasteiger partial charge in [-0.2, -0.15) is 4.98 Å². The number of rotatable bonds is 8. The predicted molar refractivity (Wildman–Crippen MR) is 110 cm³/mol. The zero-order valence-corrected chi connectivity index (χ0v) is 17.4. The summed E-state index contributed by atoms with van der Waals surface area (Å²) < 4.78 is 5.20. The zero-order valence-electron chi connectivity index (χ0n) is 17.4. The molecule has 1 N–H and O–H groups in total. The van der Waals surface area contributed by atoms with Crippen molar-refractivity contribution >= 4 is 11.6 Å². The van der Waals surface area contributed by atoms with Crippen molar-refractivity contribution in [3.8, 4) is 0 Å². The first-order chi connectivity index (χ1) is 13.4. The van der Waals surface area contributed by atoms with E-state index in [0.717, 1.165) is 30.5 Å². The molecule has 1 saturated heterocycles. The van der Waals surface area contributed by atoms with Crippen molar-refractivity contribution < 1.29 is 9.32 Å². The minimum Gasteiger partial charge on any atom is -0.339 e. The van der Waals surface area contributed by atoms with Gasteiger partial charge in [0, 0.05) is 44.1 Å². The largest absolute Gasteiger partial charge is 0.339 e. The normalized spacial score (nSPS) is 20.0. The third kappa shape index (κ3) is 5.64. The van der Waals surface area contributed by atoms with Crippen LogP contribution in [-0.2, 0) is 17.6 Å². The lowest BCUT2D eigenvalue weighted by atomic mass is 10.0. The van der Waals surface area contributed by atoms with E-state index in [1.54, 1.807) is 0 Å². The topological polar surface area (TPSA) is 71.3 Å². The van der Waals surface area contributed by atoms with Crippen LogP contribution < -0.4 is 5.32 Å². The summed E-state index contributed by atoms with van der Waals surface area (Å²) in [5.74, 6) is 2.94. The summed E-state index contributed by atoms with van der Waals surface area (Å²) in [6.07, 6.45) is 1.78. The number of carbonyl (C=O) groups is 1. The number of likely N-dealkylation sites (tertiary alicyclic amines) is 1. The van der Waals surface area contributed by atoms with Gasteiger partial charge in [-0.3, -0.25) is 4.79 Å². The molecule has 0 spiro atoms. The van der Waals surface area contributed by atoms with Gasteiger partial charge < -0.3 is 14.7 Å². The van der Waals surface area contributed by atoms with Gasteiger partial charge in [0.25, 0.3) is 0 Å². The van der Waals surface area contributed by atoms with Gasteiger partial charge in [0.2, 0.25) is 11.8 Å². The molecule has 6 nitrogen and oxygen atoms in total. The molecular formula is C22H32N4O2. The molecule has 1 aromatic heterocycles.